The number of aliphatic imine (C=N–C) groups is 1. The highest BCUT2D eigenvalue weighted by Gasteiger charge is 2.30. The van der Waals surface area contributed by atoms with E-state index in [1.54, 1.807) is 0 Å². The van der Waals surface area contributed by atoms with Gasteiger partial charge in [0.05, 0.1) is 17.3 Å². The smallest absolute Gasteiger partial charge is 0.0682 e. The van der Waals surface area contributed by atoms with Crippen LogP contribution in [0.15, 0.2) is 114 Å². The Morgan fingerprint density at radius 1 is 0.517 bits per heavy atom. The standard InChI is InChI=1S/C28H19N/c1-2-9-20(10-3-1)27-25-17-22-12-6-7-13-23(22)18-26(25)29-28(27)24-15-14-19-8-4-5-11-21(19)16-24/h1-18,27H. The van der Waals surface area contributed by atoms with Crippen molar-refractivity contribution < 1.29 is 0 Å². The third-order valence-electron chi connectivity index (χ3n) is 5.90. The predicted octanol–water partition coefficient (Wildman–Crippen LogP) is 7.26. The van der Waals surface area contributed by atoms with Crippen molar-refractivity contribution in [3.63, 3.8) is 0 Å². The fourth-order valence-electron chi connectivity index (χ4n) is 4.48. The molecule has 1 atom stereocenters. The molecule has 0 saturated carbocycles. The van der Waals surface area contributed by atoms with Gasteiger partial charge in [-0.25, -0.2) is 0 Å². The minimum absolute atomic E-state index is 0.150. The van der Waals surface area contributed by atoms with Gasteiger partial charge in [0.15, 0.2) is 0 Å². The molecule has 1 heterocycles. The molecule has 0 saturated heterocycles. The van der Waals surface area contributed by atoms with Gasteiger partial charge in [0.1, 0.15) is 0 Å². The van der Waals surface area contributed by atoms with Gasteiger partial charge in [-0.1, -0.05) is 91.0 Å². The molecule has 0 amide bonds. The Morgan fingerprint density at radius 3 is 1.90 bits per heavy atom. The third-order valence-corrected chi connectivity index (χ3v) is 5.90. The van der Waals surface area contributed by atoms with Crippen LogP contribution in [0.2, 0.25) is 0 Å². The Morgan fingerprint density at radius 2 is 1.14 bits per heavy atom. The van der Waals surface area contributed by atoms with E-state index in [1.165, 1.54) is 38.2 Å². The number of hydrogen-bond acceptors (Lipinski definition) is 1. The van der Waals surface area contributed by atoms with Gasteiger partial charge in [-0.15, -0.1) is 0 Å². The molecule has 136 valence electrons. The zero-order chi connectivity index (χ0) is 19.2. The van der Waals surface area contributed by atoms with E-state index in [-0.39, 0.29) is 5.92 Å². The van der Waals surface area contributed by atoms with E-state index < -0.39 is 0 Å². The first kappa shape index (κ1) is 16.3. The van der Waals surface area contributed by atoms with Gasteiger partial charge in [0.2, 0.25) is 0 Å². The minimum atomic E-state index is 0.150. The lowest BCUT2D eigenvalue weighted by Gasteiger charge is -2.16. The van der Waals surface area contributed by atoms with Crippen LogP contribution < -0.4 is 0 Å². The van der Waals surface area contributed by atoms with Crippen molar-refractivity contribution in [1.29, 1.82) is 0 Å². The van der Waals surface area contributed by atoms with Gasteiger partial charge in [-0.05, 0) is 56.4 Å². The van der Waals surface area contributed by atoms with Crippen LogP contribution in [-0.2, 0) is 0 Å². The van der Waals surface area contributed by atoms with Gasteiger partial charge in [-0.3, -0.25) is 4.99 Å². The molecule has 29 heavy (non-hydrogen) atoms. The highest BCUT2D eigenvalue weighted by atomic mass is 14.8. The highest BCUT2D eigenvalue weighted by Crippen LogP contribution is 2.43. The van der Waals surface area contributed by atoms with Crippen LogP contribution in [0.25, 0.3) is 21.5 Å². The maximum atomic E-state index is 5.15. The average Bonchev–Trinajstić information content (AvgIpc) is 3.16. The average molecular weight is 369 g/mol. The van der Waals surface area contributed by atoms with Crippen LogP contribution in [0.3, 0.4) is 0 Å². The van der Waals surface area contributed by atoms with E-state index in [9.17, 15) is 0 Å². The molecule has 0 spiro atoms. The summed E-state index contributed by atoms with van der Waals surface area (Å²) in [5, 5.41) is 5.01. The summed E-state index contributed by atoms with van der Waals surface area (Å²) >= 11 is 0. The SMILES string of the molecule is c1ccc(C2C(c3ccc4ccccc4c3)=Nc3cc4ccccc4cc32)cc1. The summed E-state index contributed by atoms with van der Waals surface area (Å²) in [4.78, 5) is 5.15. The molecule has 5 aromatic carbocycles. The summed E-state index contributed by atoms with van der Waals surface area (Å²) in [7, 11) is 0. The molecule has 0 fully saturated rings. The Balaban J connectivity index is 1.59. The van der Waals surface area contributed by atoms with Gasteiger partial charge in [-0.2, -0.15) is 0 Å². The number of hydrogen-bond donors (Lipinski definition) is 0. The molecule has 6 rings (SSSR count). The summed E-state index contributed by atoms with van der Waals surface area (Å²) in [5.41, 5.74) is 5.98. The Hall–Kier alpha value is -3.71. The van der Waals surface area contributed by atoms with Crippen molar-refractivity contribution in [2.75, 3.05) is 0 Å². The zero-order valence-corrected chi connectivity index (χ0v) is 15.9. The summed E-state index contributed by atoms with van der Waals surface area (Å²) in [6.45, 7) is 0. The van der Waals surface area contributed by atoms with Gasteiger partial charge >= 0.3 is 0 Å². The van der Waals surface area contributed by atoms with Gasteiger partial charge in [0.25, 0.3) is 0 Å². The lowest BCUT2D eigenvalue weighted by atomic mass is 9.84. The largest absolute Gasteiger partial charge is 0.251 e. The van der Waals surface area contributed by atoms with Gasteiger partial charge < -0.3 is 0 Å². The number of rotatable bonds is 2. The Labute approximate surface area is 170 Å². The first-order valence-corrected chi connectivity index (χ1v) is 10.0. The zero-order valence-electron chi connectivity index (χ0n) is 15.9. The van der Waals surface area contributed by atoms with E-state index in [4.69, 9.17) is 4.99 Å². The topological polar surface area (TPSA) is 12.4 Å². The van der Waals surface area contributed by atoms with Crippen LogP contribution >= 0.6 is 0 Å². The molecule has 0 aromatic heterocycles. The van der Waals surface area contributed by atoms with Crippen molar-refractivity contribution >= 4 is 32.9 Å². The van der Waals surface area contributed by atoms with Crippen LogP contribution in [-0.4, -0.2) is 5.71 Å². The first-order valence-electron chi connectivity index (χ1n) is 10.0. The lowest BCUT2D eigenvalue weighted by molar-refractivity contribution is 1.12. The third kappa shape index (κ3) is 2.67. The molecule has 0 aliphatic carbocycles. The molecule has 1 heteroatoms. The second-order valence-corrected chi connectivity index (χ2v) is 7.66. The second-order valence-electron chi connectivity index (χ2n) is 7.66. The van der Waals surface area contributed by atoms with Crippen molar-refractivity contribution in [1.82, 2.24) is 0 Å². The van der Waals surface area contributed by atoms with E-state index in [1.807, 2.05) is 0 Å². The normalized spacial score (nSPS) is 15.4. The summed E-state index contributed by atoms with van der Waals surface area (Å²) in [5.74, 6) is 0.150. The van der Waals surface area contributed by atoms with E-state index in [0.29, 0.717) is 0 Å². The number of benzene rings is 5. The van der Waals surface area contributed by atoms with E-state index >= 15 is 0 Å². The van der Waals surface area contributed by atoms with Crippen LogP contribution in [0.1, 0.15) is 22.6 Å². The molecule has 1 aliphatic rings. The van der Waals surface area contributed by atoms with Gasteiger partial charge in [0, 0.05) is 0 Å². The Bertz CT molecular complexity index is 1400. The molecule has 0 N–H and O–H groups in total. The van der Waals surface area contributed by atoms with Crippen molar-refractivity contribution in [2.45, 2.75) is 5.92 Å². The van der Waals surface area contributed by atoms with E-state index in [2.05, 4.69) is 109 Å². The number of fused-ring (bicyclic) bond motifs is 3. The molecule has 1 unspecified atom stereocenters. The highest BCUT2D eigenvalue weighted by molar-refractivity contribution is 6.14. The molecular formula is C28H19N. The summed E-state index contributed by atoms with van der Waals surface area (Å²) in [6, 6.07) is 39.0. The Kier molecular flexibility index (Phi) is 3.60. The van der Waals surface area contributed by atoms with Crippen LogP contribution in [0.4, 0.5) is 5.69 Å². The monoisotopic (exact) mass is 369 g/mol. The maximum Gasteiger partial charge on any atom is 0.0682 e. The van der Waals surface area contributed by atoms with Crippen molar-refractivity contribution in [3.05, 3.63) is 126 Å². The van der Waals surface area contributed by atoms with Crippen LogP contribution in [0, 0.1) is 0 Å². The lowest BCUT2D eigenvalue weighted by Crippen LogP contribution is -2.11. The summed E-state index contributed by atoms with van der Waals surface area (Å²) in [6.07, 6.45) is 0. The molecule has 0 bridgehead atoms. The second kappa shape index (κ2) is 6.42. The molecular weight excluding hydrogens is 350 g/mol. The van der Waals surface area contributed by atoms with E-state index in [0.717, 1.165) is 11.4 Å². The summed E-state index contributed by atoms with van der Waals surface area (Å²) < 4.78 is 0. The van der Waals surface area contributed by atoms with Crippen LogP contribution in [0.5, 0.6) is 0 Å². The maximum absolute atomic E-state index is 5.15. The fourth-order valence-corrected chi connectivity index (χ4v) is 4.48. The predicted molar refractivity (Wildman–Crippen MR) is 122 cm³/mol. The molecule has 5 aromatic rings. The molecule has 1 nitrogen and oxygen atoms in total. The minimum Gasteiger partial charge on any atom is -0.251 e. The van der Waals surface area contributed by atoms with Crippen molar-refractivity contribution in [2.24, 2.45) is 4.99 Å². The first-order chi connectivity index (χ1) is 14.4. The fraction of sp³-hybridized carbons (Fsp3) is 0.0357. The molecule has 1 aliphatic heterocycles. The molecule has 0 radical (unpaired) electrons. The quantitative estimate of drug-likeness (QED) is 0.310. The number of nitrogens with zero attached hydrogens (tertiary/aromatic N) is 1. The van der Waals surface area contributed by atoms with Crippen molar-refractivity contribution in [3.8, 4) is 0 Å².